The third kappa shape index (κ3) is 8.34. The van der Waals surface area contributed by atoms with Crippen molar-refractivity contribution in [2.24, 2.45) is 0 Å². The van der Waals surface area contributed by atoms with E-state index in [2.05, 4.69) is 68.4 Å². The molecule has 0 aliphatic rings. The summed E-state index contributed by atoms with van der Waals surface area (Å²) in [4.78, 5) is 0. The maximum absolute atomic E-state index is 2.28. The van der Waals surface area contributed by atoms with Crippen molar-refractivity contribution in [2.75, 3.05) is 0 Å². The van der Waals surface area contributed by atoms with Crippen molar-refractivity contribution in [1.29, 1.82) is 0 Å². The van der Waals surface area contributed by atoms with Crippen LogP contribution < -0.4 is 0 Å². The quantitative estimate of drug-likeness (QED) is 0.534. The smallest absolute Gasteiger partial charge is 0.0181 e. The van der Waals surface area contributed by atoms with Gasteiger partial charge >= 0.3 is 0 Å². The van der Waals surface area contributed by atoms with Crippen LogP contribution in [0.3, 0.4) is 0 Å². The lowest BCUT2D eigenvalue weighted by Crippen LogP contribution is -1.87. The molecule has 0 aromatic heterocycles. The van der Waals surface area contributed by atoms with E-state index in [1.807, 2.05) is 41.5 Å². The van der Waals surface area contributed by atoms with Gasteiger partial charge in [0.15, 0.2) is 0 Å². The fourth-order valence-electron chi connectivity index (χ4n) is 1.71. The Morgan fingerprint density at radius 1 is 0.571 bits per heavy atom. The Balaban J connectivity index is 0. The predicted molar refractivity (Wildman–Crippen MR) is 100 cm³/mol. The molecule has 0 bridgehead atoms. The molecule has 0 fully saturated rings. The molecule has 0 atom stereocenters. The minimum atomic E-state index is 0.591. The van der Waals surface area contributed by atoms with E-state index in [-0.39, 0.29) is 0 Å². The van der Waals surface area contributed by atoms with Gasteiger partial charge in [0.1, 0.15) is 0 Å². The van der Waals surface area contributed by atoms with Crippen molar-refractivity contribution in [1.82, 2.24) is 0 Å². The molecule has 0 radical (unpaired) electrons. The predicted octanol–water partition coefficient (Wildman–Crippen LogP) is 7.56. The molecule has 0 aliphatic carbocycles. The van der Waals surface area contributed by atoms with Gasteiger partial charge in [-0.15, -0.1) is 0 Å². The molecule has 0 nitrogen and oxygen atoms in total. The first-order valence-electron chi connectivity index (χ1n) is 8.43. The van der Waals surface area contributed by atoms with Gasteiger partial charge in [-0.2, -0.15) is 0 Å². The van der Waals surface area contributed by atoms with Crippen molar-refractivity contribution in [3.8, 4) is 11.1 Å². The van der Waals surface area contributed by atoms with E-state index in [1.54, 1.807) is 0 Å². The Labute approximate surface area is 133 Å². The molecular formula is C21H34. The highest BCUT2D eigenvalue weighted by atomic mass is 14.1. The lowest BCUT2D eigenvalue weighted by Gasteiger charge is -2.08. The second kappa shape index (κ2) is 14.8. The topological polar surface area (TPSA) is 0 Å². The summed E-state index contributed by atoms with van der Waals surface area (Å²) in [6.07, 6.45) is 0. The SMILES string of the molecule is CC.CC.CC.CC(C)c1cccc(-c2ccccc2)c1. The summed E-state index contributed by atoms with van der Waals surface area (Å²) in [6, 6.07) is 19.3. The van der Waals surface area contributed by atoms with Crippen molar-refractivity contribution < 1.29 is 0 Å². The molecule has 0 aliphatic heterocycles. The molecule has 0 spiro atoms. The summed E-state index contributed by atoms with van der Waals surface area (Å²) >= 11 is 0. The summed E-state index contributed by atoms with van der Waals surface area (Å²) in [5, 5.41) is 0. The second-order valence-corrected chi connectivity index (χ2v) is 4.15. The average Bonchev–Trinajstić information content (AvgIpc) is 2.61. The van der Waals surface area contributed by atoms with Crippen LogP contribution in [0.15, 0.2) is 54.6 Å². The Morgan fingerprint density at radius 2 is 1.05 bits per heavy atom. The van der Waals surface area contributed by atoms with E-state index in [9.17, 15) is 0 Å². The fourth-order valence-corrected chi connectivity index (χ4v) is 1.71. The van der Waals surface area contributed by atoms with Gasteiger partial charge in [-0.25, -0.2) is 0 Å². The molecule has 0 amide bonds. The first-order valence-corrected chi connectivity index (χ1v) is 8.43. The van der Waals surface area contributed by atoms with Gasteiger partial charge in [0.2, 0.25) is 0 Å². The number of benzene rings is 2. The third-order valence-electron chi connectivity index (χ3n) is 2.66. The first-order chi connectivity index (χ1) is 10.3. The van der Waals surface area contributed by atoms with Crippen molar-refractivity contribution in [2.45, 2.75) is 61.3 Å². The zero-order chi connectivity index (χ0) is 16.7. The molecule has 0 unspecified atom stereocenters. The summed E-state index contributed by atoms with van der Waals surface area (Å²) in [7, 11) is 0. The lowest BCUT2D eigenvalue weighted by molar-refractivity contribution is 0.867. The minimum Gasteiger partial charge on any atom is -0.0683 e. The van der Waals surface area contributed by atoms with Crippen LogP contribution in [0.1, 0.15) is 66.9 Å². The number of hydrogen-bond donors (Lipinski definition) is 0. The number of hydrogen-bond acceptors (Lipinski definition) is 0. The first kappa shape index (κ1) is 21.7. The molecule has 118 valence electrons. The molecule has 0 saturated heterocycles. The van der Waals surface area contributed by atoms with Gasteiger partial charge in [0.25, 0.3) is 0 Å². The summed E-state index contributed by atoms with van der Waals surface area (Å²) in [5.41, 5.74) is 4.00. The molecule has 0 N–H and O–H groups in total. The van der Waals surface area contributed by atoms with Crippen LogP contribution in [0.5, 0.6) is 0 Å². The van der Waals surface area contributed by atoms with Gasteiger partial charge in [-0.3, -0.25) is 0 Å². The fraction of sp³-hybridized carbons (Fsp3) is 0.429. The molecule has 2 aromatic carbocycles. The molecule has 2 aromatic rings. The minimum absolute atomic E-state index is 0.591. The Morgan fingerprint density at radius 3 is 1.52 bits per heavy atom. The van der Waals surface area contributed by atoms with Gasteiger partial charge < -0.3 is 0 Å². The van der Waals surface area contributed by atoms with Crippen LogP contribution >= 0.6 is 0 Å². The zero-order valence-corrected chi connectivity index (χ0v) is 15.3. The zero-order valence-electron chi connectivity index (χ0n) is 15.3. The van der Waals surface area contributed by atoms with E-state index >= 15 is 0 Å². The van der Waals surface area contributed by atoms with Crippen LogP contribution in [0.4, 0.5) is 0 Å². The highest BCUT2D eigenvalue weighted by Crippen LogP contribution is 2.23. The number of rotatable bonds is 2. The molecule has 0 saturated carbocycles. The standard InChI is InChI=1S/C15H16.3C2H6/c1-12(2)14-9-6-10-15(11-14)13-7-4-3-5-8-13;3*1-2/h3-12H,1-2H3;3*1-2H3. The largest absolute Gasteiger partial charge is 0.0683 e. The van der Waals surface area contributed by atoms with Crippen LogP contribution in [-0.4, -0.2) is 0 Å². The molecule has 21 heavy (non-hydrogen) atoms. The summed E-state index contributed by atoms with van der Waals surface area (Å²) in [5.74, 6) is 0.591. The van der Waals surface area contributed by atoms with E-state index in [1.165, 1.54) is 16.7 Å². The Kier molecular flexibility index (Phi) is 15.4. The highest BCUT2D eigenvalue weighted by molar-refractivity contribution is 5.64. The Bertz CT molecular complexity index is 427. The summed E-state index contributed by atoms with van der Waals surface area (Å²) < 4.78 is 0. The third-order valence-corrected chi connectivity index (χ3v) is 2.66. The average molecular weight is 287 g/mol. The lowest BCUT2D eigenvalue weighted by atomic mass is 9.98. The maximum atomic E-state index is 2.28. The Hall–Kier alpha value is -1.56. The molecule has 2 rings (SSSR count). The van der Waals surface area contributed by atoms with E-state index in [0.717, 1.165) is 0 Å². The maximum Gasteiger partial charge on any atom is -0.0181 e. The van der Waals surface area contributed by atoms with Crippen molar-refractivity contribution >= 4 is 0 Å². The van der Waals surface area contributed by atoms with Crippen LogP contribution in [-0.2, 0) is 0 Å². The normalized spacial score (nSPS) is 8.43. The second-order valence-electron chi connectivity index (χ2n) is 4.15. The van der Waals surface area contributed by atoms with Crippen molar-refractivity contribution in [3.05, 3.63) is 60.2 Å². The van der Waals surface area contributed by atoms with E-state index in [4.69, 9.17) is 0 Å². The van der Waals surface area contributed by atoms with Gasteiger partial charge in [-0.1, -0.05) is 110 Å². The van der Waals surface area contributed by atoms with Crippen LogP contribution in [0, 0.1) is 0 Å². The monoisotopic (exact) mass is 286 g/mol. The highest BCUT2D eigenvalue weighted by Gasteiger charge is 2.01. The molecule has 0 heterocycles. The summed E-state index contributed by atoms with van der Waals surface area (Å²) in [6.45, 7) is 16.5. The molecule has 0 heteroatoms. The van der Waals surface area contributed by atoms with Gasteiger partial charge in [0, 0.05) is 0 Å². The molecular weight excluding hydrogens is 252 g/mol. The van der Waals surface area contributed by atoms with Crippen LogP contribution in [0.25, 0.3) is 11.1 Å². The van der Waals surface area contributed by atoms with Gasteiger partial charge in [-0.05, 0) is 22.6 Å². The van der Waals surface area contributed by atoms with Gasteiger partial charge in [0.05, 0.1) is 0 Å². The van der Waals surface area contributed by atoms with Crippen LogP contribution in [0.2, 0.25) is 0 Å². The van der Waals surface area contributed by atoms with E-state index in [0.29, 0.717) is 5.92 Å². The van der Waals surface area contributed by atoms with Crippen molar-refractivity contribution in [3.63, 3.8) is 0 Å². The van der Waals surface area contributed by atoms with E-state index < -0.39 is 0 Å².